The molecule has 0 radical (unpaired) electrons. The summed E-state index contributed by atoms with van der Waals surface area (Å²) in [5.41, 5.74) is 3.38. The Morgan fingerprint density at radius 1 is 1.06 bits per heavy atom. The molecule has 1 aliphatic heterocycles. The lowest BCUT2D eigenvalue weighted by Gasteiger charge is -2.34. The Hall–Kier alpha value is -2.90. The maximum absolute atomic E-state index is 12.5. The van der Waals surface area contributed by atoms with Crippen LogP contribution in [0.15, 0.2) is 60.0 Å². The fourth-order valence-electron chi connectivity index (χ4n) is 3.64. The topological polar surface area (TPSA) is 57.7 Å². The van der Waals surface area contributed by atoms with Gasteiger partial charge < -0.3 is 15.0 Å². The first-order chi connectivity index (χ1) is 15.2. The third-order valence-corrected chi connectivity index (χ3v) is 6.32. The van der Waals surface area contributed by atoms with E-state index >= 15 is 0 Å². The van der Waals surface area contributed by atoms with Gasteiger partial charge in [-0.2, -0.15) is 0 Å². The third-order valence-electron chi connectivity index (χ3n) is 5.49. The van der Waals surface area contributed by atoms with E-state index in [9.17, 15) is 4.79 Å². The zero-order chi connectivity index (χ0) is 21.5. The molecule has 0 aliphatic carbocycles. The molecule has 1 fully saturated rings. The van der Waals surface area contributed by atoms with Crippen LogP contribution in [0, 0.1) is 0 Å². The molecule has 31 heavy (non-hydrogen) atoms. The normalized spacial score (nSPS) is 14.4. The number of hydrogen-bond acceptors (Lipinski definition) is 5. The number of nitrogens with zero attached hydrogens (tertiary/aromatic N) is 3. The Labute approximate surface area is 187 Å². The van der Waals surface area contributed by atoms with Crippen LogP contribution in [0.2, 0.25) is 0 Å². The first kappa shape index (κ1) is 21.3. The molecule has 0 atom stereocenters. The Morgan fingerprint density at radius 2 is 1.81 bits per heavy atom. The summed E-state index contributed by atoms with van der Waals surface area (Å²) < 4.78 is 5.18. The summed E-state index contributed by atoms with van der Waals surface area (Å²) in [4.78, 5) is 21.5. The van der Waals surface area contributed by atoms with Crippen molar-refractivity contribution in [3.05, 3.63) is 70.5 Å². The fourth-order valence-corrected chi connectivity index (χ4v) is 4.49. The van der Waals surface area contributed by atoms with Crippen molar-refractivity contribution >= 4 is 17.4 Å². The van der Waals surface area contributed by atoms with Gasteiger partial charge in [-0.3, -0.25) is 4.90 Å². The molecule has 2 amide bonds. The predicted octanol–water partition coefficient (Wildman–Crippen LogP) is 3.89. The molecule has 0 spiro atoms. The van der Waals surface area contributed by atoms with E-state index in [2.05, 4.69) is 27.7 Å². The number of hydrogen-bond donors (Lipinski definition) is 1. The highest BCUT2D eigenvalue weighted by Crippen LogP contribution is 2.22. The smallest absolute Gasteiger partial charge is 0.317 e. The lowest BCUT2D eigenvalue weighted by atomic mass is 10.1. The number of ether oxygens (including phenoxy) is 1. The fraction of sp³-hybridized carbons (Fsp3) is 0.333. The Balaban J connectivity index is 1.19. The van der Waals surface area contributed by atoms with E-state index in [1.807, 2.05) is 47.4 Å². The van der Waals surface area contributed by atoms with Crippen molar-refractivity contribution in [3.8, 4) is 17.0 Å². The van der Waals surface area contributed by atoms with Crippen LogP contribution in [0.4, 0.5) is 4.79 Å². The van der Waals surface area contributed by atoms with Crippen molar-refractivity contribution in [3.63, 3.8) is 0 Å². The minimum atomic E-state index is 0.0220. The van der Waals surface area contributed by atoms with Gasteiger partial charge in [-0.05, 0) is 24.1 Å². The summed E-state index contributed by atoms with van der Waals surface area (Å²) in [7, 11) is 1.66. The van der Waals surface area contributed by atoms with Gasteiger partial charge in [-0.15, -0.1) is 11.3 Å². The predicted molar refractivity (Wildman–Crippen MR) is 124 cm³/mol. The summed E-state index contributed by atoms with van der Waals surface area (Å²) >= 11 is 1.70. The number of rotatable bonds is 7. The van der Waals surface area contributed by atoms with Crippen LogP contribution in [-0.2, 0) is 13.0 Å². The molecule has 0 saturated carbocycles. The molecule has 0 unspecified atom stereocenters. The highest BCUT2D eigenvalue weighted by molar-refractivity contribution is 7.09. The molecule has 7 heteroatoms. The second-order valence-electron chi connectivity index (χ2n) is 7.59. The molecule has 3 aromatic rings. The van der Waals surface area contributed by atoms with Gasteiger partial charge in [0.1, 0.15) is 10.8 Å². The number of carbonyl (C=O) groups is 1. The molecule has 2 heterocycles. The standard InChI is InChI=1S/C24H28N4O2S/c1-30-21-9-7-19(8-10-21)11-12-25-24(29)28-15-13-27(14-16-28)17-23-26-22(18-31-23)20-5-3-2-4-6-20/h2-10,18H,11-17H2,1H3,(H,25,29). The number of thiazole rings is 1. The monoisotopic (exact) mass is 436 g/mol. The van der Waals surface area contributed by atoms with Crippen molar-refractivity contribution in [2.45, 2.75) is 13.0 Å². The van der Waals surface area contributed by atoms with E-state index in [0.717, 1.165) is 61.2 Å². The van der Waals surface area contributed by atoms with Gasteiger partial charge in [-0.25, -0.2) is 9.78 Å². The van der Waals surface area contributed by atoms with Crippen molar-refractivity contribution < 1.29 is 9.53 Å². The van der Waals surface area contributed by atoms with E-state index in [1.165, 1.54) is 5.56 Å². The minimum absolute atomic E-state index is 0.0220. The highest BCUT2D eigenvalue weighted by Gasteiger charge is 2.21. The minimum Gasteiger partial charge on any atom is -0.497 e. The van der Waals surface area contributed by atoms with E-state index in [0.29, 0.717) is 6.54 Å². The maximum Gasteiger partial charge on any atom is 0.317 e. The average molecular weight is 437 g/mol. The van der Waals surface area contributed by atoms with Crippen molar-refractivity contribution in [2.24, 2.45) is 0 Å². The molecule has 1 aromatic heterocycles. The molecule has 0 bridgehead atoms. The second kappa shape index (κ2) is 10.4. The summed E-state index contributed by atoms with van der Waals surface area (Å²) in [6.45, 7) is 4.69. The van der Waals surface area contributed by atoms with E-state index in [1.54, 1.807) is 18.4 Å². The number of urea groups is 1. The number of carbonyl (C=O) groups excluding carboxylic acids is 1. The van der Waals surface area contributed by atoms with Crippen molar-refractivity contribution in [2.75, 3.05) is 39.8 Å². The Morgan fingerprint density at radius 3 is 2.52 bits per heavy atom. The van der Waals surface area contributed by atoms with Gasteiger partial charge in [0.25, 0.3) is 0 Å². The number of aromatic nitrogens is 1. The maximum atomic E-state index is 12.5. The summed E-state index contributed by atoms with van der Waals surface area (Å²) in [5.74, 6) is 0.847. The van der Waals surface area contributed by atoms with E-state index < -0.39 is 0 Å². The van der Waals surface area contributed by atoms with Crippen LogP contribution < -0.4 is 10.1 Å². The number of methoxy groups -OCH3 is 1. The summed E-state index contributed by atoms with van der Waals surface area (Å²) in [5, 5.41) is 6.29. The SMILES string of the molecule is COc1ccc(CCNC(=O)N2CCN(Cc3nc(-c4ccccc4)cs3)CC2)cc1. The molecule has 2 aromatic carbocycles. The summed E-state index contributed by atoms with van der Waals surface area (Å²) in [6, 6.07) is 18.3. The van der Waals surface area contributed by atoms with Crippen molar-refractivity contribution in [1.29, 1.82) is 0 Å². The van der Waals surface area contributed by atoms with E-state index in [4.69, 9.17) is 9.72 Å². The number of nitrogens with one attached hydrogen (secondary N) is 1. The summed E-state index contributed by atoms with van der Waals surface area (Å²) in [6.07, 6.45) is 0.809. The Kier molecular flexibility index (Phi) is 7.17. The van der Waals surface area contributed by atoms with Gasteiger partial charge >= 0.3 is 6.03 Å². The number of benzene rings is 2. The molecular formula is C24H28N4O2S. The first-order valence-corrected chi connectivity index (χ1v) is 11.5. The van der Waals surface area contributed by atoms with E-state index in [-0.39, 0.29) is 6.03 Å². The van der Waals surface area contributed by atoms with Crippen molar-refractivity contribution in [1.82, 2.24) is 20.1 Å². The molecule has 4 rings (SSSR count). The second-order valence-corrected chi connectivity index (χ2v) is 8.53. The average Bonchev–Trinajstić information content (AvgIpc) is 3.29. The van der Waals surface area contributed by atoms with Gasteiger partial charge in [-0.1, -0.05) is 42.5 Å². The number of amides is 2. The molecule has 162 valence electrons. The third kappa shape index (κ3) is 5.83. The van der Waals surface area contributed by atoms with Crippen LogP contribution in [0.3, 0.4) is 0 Å². The number of piperazine rings is 1. The molecule has 1 aliphatic rings. The molecule has 6 nitrogen and oxygen atoms in total. The highest BCUT2D eigenvalue weighted by atomic mass is 32.1. The quantitative estimate of drug-likeness (QED) is 0.611. The first-order valence-electron chi connectivity index (χ1n) is 10.6. The largest absolute Gasteiger partial charge is 0.497 e. The zero-order valence-electron chi connectivity index (χ0n) is 17.8. The Bertz CT molecular complexity index is 967. The van der Waals surface area contributed by atoms with Gasteiger partial charge in [0.15, 0.2) is 0 Å². The van der Waals surface area contributed by atoms with Gasteiger partial charge in [0, 0.05) is 43.7 Å². The molecule has 1 N–H and O–H groups in total. The van der Waals surface area contributed by atoms with Crippen LogP contribution >= 0.6 is 11.3 Å². The molecule has 1 saturated heterocycles. The van der Waals surface area contributed by atoms with Gasteiger partial charge in [0.2, 0.25) is 0 Å². The van der Waals surface area contributed by atoms with Crippen LogP contribution in [0.5, 0.6) is 5.75 Å². The van der Waals surface area contributed by atoms with Crippen LogP contribution in [-0.4, -0.2) is 60.6 Å². The zero-order valence-corrected chi connectivity index (χ0v) is 18.6. The van der Waals surface area contributed by atoms with Gasteiger partial charge in [0.05, 0.1) is 19.3 Å². The lowest BCUT2D eigenvalue weighted by molar-refractivity contribution is 0.135. The van der Waals surface area contributed by atoms with Crippen LogP contribution in [0.25, 0.3) is 11.3 Å². The van der Waals surface area contributed by atoms with Crippen LogP contribution in [0.1, 0.15) is 10.6 Å². The molecular weight excluding hydrogens is 408 g/mol. The lowest BCUT2D eigenvalue weighted by Crippen LogP contribution is -2.51.